The summed E-state index contributed by atoms with van der Waals surface area (Å²) in [6.07, 6.45) is 3.40. The van der Waals surface area contributed by atoms with Crippen LogP contribution in [0.2, 0.25) is 0 Å². The van der Waals surface area contributed by atoms with Crippen LogP contribution in [0.5, 0.6) is 0 Å². The van der Waals surface area contributed by atoms with Crippen molar-refractivity contribution in [1.82, 2.24) is 10.6 Å². The third kappa shape index (κ3) is 6.49. The topological polar surface area (TPSA) is 54.9 Å². The second-order valence-electron chi connectivity index (χ2n) is 6.32. The van der Waals surface area contributed by atoms with Gasteiger partial charge in [-0.25, -0.2) is 0 Å². The maximum atomic E-state index is 6.00. The van der Waals surface area contributed by atoms with Gasteiger partial charge in [0.25, 0.3) is 0 Å². The third-order valence-electron chi connectivity index (χ3n) is 4.32. The molecular weight excluding hydrogens is 302 g/mol. The minimum atomic E-state index is 0.332. The summed E-state index contributed by atoms with van der Waals surface area (Å²) in [6.45, 7) is 7.36. The van der Waals surface area contributed by atoms with E-state index in [-0.39, 0.29) is 0 Å². The molecule has 1 saturated heterocycles. The second-order valence-corrected chi connectivity index (χ2v) is 6.32. The summed E-state index contributed by atoms with van der Waals surface area (Å²) >= 11 is 0. The van der Waals surface area contributed by atoms with Crippen molar-refractivity contribution in [1.29, 1.82) is 0 Å². The van der Waals surface area contributed by atoms with Gasteiger partial charge in [0.05, 0.1) is 12.7 Å². The van der Waals surface area contributed by atoms with Crippen molar-refractivity contribution in [3.63, 3.8) is 0 Å². The Kier molecular flexibility index (Phi) is 8.05. The number of benzene rings is 1. The largest absolute Gasteiger partial charge is 0.381 e. The summed E-state index contributed by atoms with van der Waals surface area (Å²) in [5.41, 5.74) is 2.45. The van der Waals surface area contributed by atoms with Gasteiger partial charge in [0.15, 0.2) is 5.96 Å². The summed E-state index contributed by atoms with van der Waals surface area (Å²) in [4.78, 5) is 4.27. The van der Waals surface area contributed by atoms with Crippen LogP contribution in [0.4, 0.5) is 0 Å². The van der Waals surface area contributed by atoms with Crippen molar-refractivity contribution >= 4 is 5.96 Å². The molecule has 1 aromatic carbocycles. The molecule has 1 heterocycles. The first-order valence-corrected chi connectivity index (χ1v) is 8.95. The van der Waals surface area contributed by atoms with Crippen molar-refractivity contribution in [2.24, 2.45) is 4.99 Å². The molecule has 1 aliphatic heterocycles. The minimum Gasteiger partial charge on any atom is -0.381 e. The Bertz CT molecular complexity index is 513. The summed E-state index contributed by atoms with van der Waals surface area (Å²) in [5, 5.41) is 6.74. The van der Waals surface area contributed by atoms with E-state index in [1.54, 1.807) is 7.05 Å². The molecule has 5 heteroatoms. The number of nitrogens with zero attached hydrogens (tertiary/aromatic N) is 1. The first kappa shape index (κ1) is 18.7. The van der Waals surface area contributed by atoms with Crippen molar-refractivity contribution in [3.05, 3.63) is 35.4 Å². The van der Waals surface area contributed by atoms with Crippen LogP contribution in [0, 0.1) is 0 Å². The Morgan fingerprint density at radius 2 is 2.08 bits per heavy atom. The van der Waals surface area contributed by atoms with E-state index in [1.165, 1.54) is 11.1 Å². The van der Waals surface area contributed by atoms with Gasteiger partial charge >= 0.3 is 0 Å². The lowest BCUT2D eigenvalue weighted by Crippen LogP contribution is -2.41. The maximum absolute atomic E-state index is 6.00. The molecule has 1 aliphatic rings. The summed E-state index contributed by atoms with van der Waals surface area (Å²) < 4.78 is 11.4. The number of aliphatic imine (C=N–C) groups is 1. The van der Waals surface area contributed by atoms with Crippen LogP contribution < -0.4 is 10.6 Å². The smallest absolute Gasteiger partial charge is 0.191 e. The number of nitrogens with one attached hydrogen (secondary N) is 2. The standard InChI is InChI=1S/C19H31N3O2/c1-4-15(2)22-19(20-3)21-13-16-6-5-7-17(12-16)14-24-18-8-10-23-11-9-18/h5-7,12,15,18H,4,8-11,13-14H2,1-3H3,(H2,20,21,22). The third-order valence-corrected chi connectivity index (χ3v) is 4.32. The van der Waals surface area contributed by atoms with Crippen LogP contribution in [0.1, 0.15) is 44.2 Å². The average Bonchev–Trinajstić information content (AvgIpc) is 2.64. The molecule has 0 saturated carbocycles. The van der Waals surface area contributed by atoms with Gasteiger partial charge in [-0.3, -0.25) is 4.99 Å². The number of ether oxygens (including phenoxy) is 2. The average molecular weight is 333 g/mol. The van der Waals surface area contributed by atoms with E-state index in [0.717, 1.165) is 45.0 Å². The van der Waals surface area contributed by atoms with Crippen molar-refractivity contribution < 1.29 is 9.47 Å². The fourth-order valence-electron chi connectivity index (χ4n) is 2.60. The Labute approximate surface area is 145 Å². The number of hydrogen-bond acceptors (Lipinski definition) is 3. The Hall–Kier alpha value is -1.59. The monoisotopic (exact) mass is 333 g/mol. The fourth-order valence-corrected chi connectivity index (χ4v) is 2.60. The minimum absolute atomic E-state index is 0.332. The molecule has 1 fully saturated rings. The predicted octanol–water partition coefficient (Wildman–Crippen LogP) is 2.85. The first-order valence-electron chi connectivity index (χ1n) is 8.95. The van der Waals surface area contributed by atoms with Crippen molar-refractivity contribution in [2.75, 3.05) is 20.3 Å². The highest BCUT2D eigenvalue weighted by molar-refractivity contribution is 5.79. The van der Waals surface area contributed by atoms with Gasteiger partial charge in [0, 0.05) is 32.8 Å². The van der Waals surface area contributed by atoms with Crippen LogP contribution >= 0.6 is 0 Å². The second kappa shape index (κ2) is 10.3. The number of hydrogen-bond donors (Lipinski definition) is 2. The van der Waals surface area contributed by atoms with E-state index in [1.807, 2.05) is 0 Å². The molecule has 1 aromatic rings. The molecule has 0 radical (unpaired) electrons. The lowest BCUT2D eigenvalue weighted by molar-refractivity contribution is -0.0390. The molecule has 0 spiro atoms. The Morgan fingerprint density at radius 1 is 1.33 bits per heavy atom. The van der Waals surface area contributed by atoms with Gasteiger partial charge in [-0.05, 0) is 37.3 Å². The lowest BCUT2D eigenvalue weighted by Gasteiger charge is -2.22. The van der Waals surface area contributed by atoms with Gasteiger partial charge in [0.2, 0.25) is 0 Å². The van der Waals surface area contributed by atoms with E-state index < -0.39 is 0 Å². The van der Waals surface area contributed by atoms with Crippen LogP contribution in [-0.4, -0.2) is 38.4 Å². The zero-order chi connectivity index (χ0) is 17.2. The molecule has 5 nitrogen and oxygen atoms in total. The molecule has 0 amide bonds. The van der Waals surface area contributed by atoms with Crippen molar-refractivity contribution in [2.45, 2.75) is 58.4 Å². The van der Waals surface area contributed by atoms with Gasteiger partial charge in [-0.15, -0.1) is 0 Å². The van der Waals surface area contributed by atoms with Crippen LogP contribution in [-0.2, 0) is 22.6 Å². The van der Waals surface area contributed by atoms with E-state index in [2.05, 4.69) is 53.7 Å². The van der Waals surface area contributed by atoms with E-state index in [9.17, 15) is 0 Å². The zero-order valence-electron chi connectivity index (χ0n) is 15.2. The van der Waals surface area contributed by atoms with Crippen LogP contribution in [0.3, 0.4) is 0 Å². The van der Waals surface area contributed by atoms with Gasteiger partial charge in [-0.1, -0.05) is 31.2 Å². The molecular formula is C19H31N3O2. The number of rotatable bonds is 7. The molecule has 1 atom stereocenters. The molecule has 134 valence electrons. The summed E-state index contributed by atoms with van der Waals surface area (Å²) in [6, 6.07) is 8.94. The van der Waals surface area contributed by atoms with Crippen LogP contribution in [0.15, 0.2) is 29.3 Å². The summed E-state index contributed by atoms with van der Waals surface area (Å²) in [5.74, 6) is 0.841. The Balaban J connectivity index is 1.81. The SMILES string of the molecule is CCC(C)NC(=NC)NCc1cccc(COC2CCOCC2)c1. The zero-order valence-corrected chi connectivity index (χ0v) is 15.2. The molecule has 1 unspecified atom stereocenters. The molecule has 0 aliphatic carbocycles. The quantitative estimate of drug-likeness (QED) is 0.595. The van der Waals surface area contributed by atoms with Crippen molar-refractivity contribution in [3.8, 4) is 0 Å². The van der Waals surface area contributed by atoms with E-state index >= 15 is 0 Å². The normalized spacial score (nSPS) is 17.5. The fraction of sp³-hybridized carbons (Fsp3) is 0.632. The Morgan fingerprint density at radius 3 is 2.79 bits per heavy atom. The molecule has 2 N–H and O–H groups in total. The maximum Gasteiger partial charge on any atom is 0.191 e. The highest BCUT2D eigenvalue weighted by Gasteiger charge is 2.14. The molecule has 0 bridgehead atoms. The number of guanidine groups is 1. The van der Waals surface area contributed by atoms with Gasteiger partial charge in [-0.2, -0.15) is 0 Å². The van der Waals surface area contributed by atoms with E-state index in [0.29, 0.717) is 18.8 Å². The first-order chi connectivity index (χ1) is 11.7. The summed E-state index contributed by atoms with van der Waals surface area (Å²) in [7, 11) is 1.80. The van der Waals surface area contributed by atoms with E-state index in [4.69, 9.17) is 9.47 Å². The molecule has 24 heavy (non-hydrogen) atoms. The lowest BCUT2D eigenvalue weighted by atomic mass is 10.1. The predicted molar refractivity (Wildman–Crippen MR) is 98.2 cm³/mol. The highest BCUT2D eigenvalue weighted by atomic mass is 16.5. The van der Waals surface area contributed by atoms with Gasteiger partial charge < -0.3 is 20.1 Å². The van der Waals surface area contributed by atoms with Crippen LogP contribution in [0.25, 0.3) is 0 Å². The molecule has 0 aromatic heterocycles. The molecule has 2 rings (SSSR count). The highest BCUT2D eigenvalue weighted by Crippen LogP contribution is 2.14. The van der Waals surface area contributed by atoms with Gasteiger partial charge in [0.1, 0.15) is 0 Å².